The maximum absolute atomic E-state index is 12.6. The van der Waals surface area contributed by atoms with Crippen LogP contribution in [0, 0.1) is 5.92 Å². The van der Waals surface area contributed by atoms with Crippen LogP contribution < -0.4 is 10.6 Å². The lowest BCUT2D eigenvalue weighted by atomic mass is 10.1. The summed E-state index contributed by atoms with van der Waals surface area (Å²) in [6, 6.07) is 10.2. The molecule has 1 aliphatic heterocycles. The Morgan fingerprint density at radius 3 is 2.40 bits per heavy atom. The molecule has 30 heavy (non-hydrogen) atoms. The first-order valence-corrected chi connectivity index (χ1v) is 9.41. The fraction of sp³-hybridized carbons (Fsp3) is 0.286. The van der Waals surface area contributed by atoms with Gasteiger partial charge in [0.05, 0.1) is 11.3 Å². The van der Waals surface area contributed by atoms with Gasteiger partial charge in [-0.15, -0.1) is 0 Å². The fourth-order valence-electron chi connectivity index (χ4n) is 2.87. The van der Waals surface area contributed by atoms with Crippen LogP contribution >= 0.6 is 0 Å². The Kier molecular flexibility index (Phi) is 6.39. The van der Waals surface area contributed by atoms with Crippen LogP contribution in [0.4, 0.5) is 24.5 Å². The van der Waals surface area contributed by atoms with Crippen LogP contribution in [0.5, 0.6) is 0 Å². The van der Waals surface area contributed by atoms with Crippen LogP contribution in [0.25, 0.3) is 11.4 Å². The van der Waals surface area contributed by atoms with E-state index in [1.54, 1.807) is 36.3 Å². The van der Waals surface area contributed by atoms with Gasteiger partial charge in [-0.05, 0) is 48.9 Å². The van der Waals surface area contributed by atoms with Crippen molar-refractivity contribution in [3.05, 3.63) is 60.4 Å². The number of halogens is 3. The van der Waals surface area contributed by atoms with E-state index in [0.717, 1.165) is 25.1 Å². The number of anilines is 2. The molecule has 1 aromatic carbocycles. The van der Waals surface area contributed by atoms with Crippen molar-refractivity contribution in [2.45, 2.75) is 19.5 Å². The van der Waals surface area contributed by atoms with E-state index in [4.69, 9.17) is 0 Å². The molecular formula is C21H22F3N5O. The number of carbonyl (C=O) groups is 1. The van der Waals surface area contributed by atoms with Crippen molar-refractivity contribution >= 4 is 17.3 Å². The second-order valence-corrected chi connectivity index (χ2v) is 6.96. The molecule has 1 amide bonds. The predicted octanol–water partition coefficient (Wildman–Crippen LogP) is 4.39. The van der Waals surface area contributed by atoms with Crippen molar-refractivity contribution in [2.75, 3.05) is 11.9 Å². The average molecular weight is 417 g/mol. The van der Waals surface area contributed by atoms with Gasteiger partial charge in [-0.25, -0.2) is 0 Å². The van der Waals surface area contributed by atoms with Crippen molar-refractivity contribution < 1.29 is 18.0 Å². The Morgan fingerprint density at radius 1 is 1.17 bits per heavy atom. The molecule has 1 saturated heterocycles. The minimum Gasteiger partial charge on any atom is -0.356 e. The summed E-state index contributed by atoms with van der Waals surface area (Å²) in [5.41, 5.74) is 1.85. The number of carbonyl (C=O) groups excluding carboxylic acids is 1. The lowest BCUT2D eigenvalue weighted by Crippen LogP contribution is -2.16. The molecule has 2 aromatic heterocycles. The molecule has 0 spiro atoms. The van der Waals surface area contributed by atoms with Crippen molar-refractivity contribution in [1.82, 2.24) is 20.1 Å². The third kappa shape index (κ3) is 5.37. The highest BCUT2D eigenvalue weighted by molar-refractivity contribution is 5.80. The number of rotatable bonds is 3. The third-order valence-electron chi connectivity index (χ3n) is 4.58. The summed E-state index contributed by atoms with van der Waals surface area (Å²) in [6.45, 7) is 2.82. The number of benzene rings is 1. The minimum absolute atomic E-state index is 0.208. The van der Waals surface area contributed by atoms with Crippen molar-refractivity contribution in [3.63, 3.8) is 0 Å². The average Bonchev–Trinajstić information content (AvgIpc) is 3.30. The standard InChI is InChI=1S/C16H13F3N4.C5H9NO/c1-23-10-8-14(22-23)15-13(3-2-9-20-15)21-12-6-4-11(5-7-12)16(17,18)19;1-4-2-3-6-5(4)7/h2-10,21H,1H3;4H,2-3H2,1H3,(H,6,7). The molecule has 0 saturated carbocycles. The number of pyridine rings is 1. The van der Waals surface area contributed by atoms with E-state index >= 15 is 0 Å². The number of aryl methyl sites for hydroxylation is 1. The lowest BCUT2D eigenvalue weighted by Gasteiger charge is -2.11. The van der Waals surface area contributed by atoms with Gasteiger partial charge in [0.15, 0.2) is 0 Å². The maximum Gasteiger partial charge on any atom is 0.416 e. The van der Waals surface area contributed by atoms with Gasteiger partial charge >= 0.3 is 6.18 Å². The van der Waals surface area contributed by atoms with Gasteiger partial charge in [-0.3, -0.25) is 14.5 Å². The zero-order chi connectivity index (χ0) is 21.7. The summed E-state index contributed by atoms with van der Waals surface area (Å²) < 4.78 is 39.4. The molecule has 0 aliphatic carbocycles. The molecule has 1 unspecified atom stereocenters. The van der Waals surface area contributed by atoms with Crippen LogP contribution in [0.2, 0.25) is 0 Å². The van der Waals surface area contributed by atoms with Gasteiger partial charge in [0.1, 0.15) is 11.4 Å². The van der Waals surface area contributed by atoms with Crippen LogP contribution in [-0.2, 0) is 18.0 Å². The first kappa shape index (κ1) is 21.4. The second-order valence-electron chi connectivity index (χ2n) is 6.96. The Labute approximate surface area is 172 Å². The van der Waals surface area contributed by atoms with E-state index in [9.17, 15) is 18.0 Å². The monoisotopic (exact) mass is 417 g/mol. The lowest BCUT2D eigenvalue weighted by molar-refractivity contribution is -0.137. The summed E-state index contributed by atoms with van der Waals surface area (Å²) in [5.74, 6) is 0.472. The molecule has 3 heterocycles. The zero-order valence-corrected chi connectivity index (χ0v) is 16.6. The molecule has 4 rings (SSSR count). The van der Waals surface area contributed by atoms with Gasteiger partial charge in [-0.1, -0.05) is 6.92 Å². The normalized spacial score (nSPS) is 15.9. The summed E-state index contributed by atoms with van der Waals surface area (Å²) in [5, 5.41) is 10.1. The molecular weight excluding hydrogens is 395 g/mol. The molecule has 3 aromatic rings. The summed E-state index contributed by atoms with van der Waals surface area (Å²) >= 11 is 0. The van der Waals surface area contributed by atoms with E-state index in [-0.39, 0.29) is 11.8 Å². The molecule has 158 valence electrons. The minimum atomic E-state index is -4.34. The Balaban J connectivity index is 0.000000310. The van der Waals surface area contributed by atoms with E-state index in [2.05, 4.69) is 20.7 Å². The number of aromatic nitrogens is 3. The molecule has 2 N–H and O–H groups in total. The zero-order valence-electron chi connectivity index (χ0n) is 16.6. The van der Waals surface area contributed by atoms with Gasteiger partial charge in [0.25, 0.3) is 0 Å². The fourth-order valence-corrected chi connectivity index (χ4v) is 2.87. The number of amides is 1. The maximum atomic E-state index is 12.6. The highest BCUT2D eigenvalue weighted by atomic mass is 19.4. The Bertz CT molecular complexity index is 998. The number of nitrogens with one attached hydrogen (secondary N) is 2. The van der Waals surface area contributed by atoms with Crippen molar-refractivity contribution in [3.8, 4) is 11.4 Å². The van der Waals surface area contributed by atoms with Crippen molar-refractivity contribution in [2.24, 2.45) is 13.0 Å². The topological polar surface area (TPSA) is 71.8 Å². The van der Waals surface area contributed by atoms with Gasteiger partial charge in [0, 0.05) is 37.6 Å². The van der Waals surface area contributed by atoms with E-state index in [1.807, 2.05) is 13.0 Å². The molecule has 0 radical (unpaired) electrons. The van der Waals surface area contributed by atoms with Crippen LogP contribution in [0.3, 0.4) is 0 Å². The summed E-state index contributed by atoms with van der Waals surface area (Å²) in [4.78, 5) is 14.8. The summed E-state index contributed by atoms with van der Waals surface area (Å²) in [7, 11) is 1.80. The van der Waals surface area contributed by atoms with Gasteiger partial charge < -0.3 is 10.6 Å². The number of alkyl halides is 3. The molecule has 1 fully saturated rings. The first-order chi connectivity index (χ1) is 14.2. The van der Waals surface area contributed by atoms with E-state index in [1.165, 1.54) is 12.1 Å². The third-order valence-corrected chi connectivity index (χ3v) is 4.58. The molecule has 0 bridgehead atoms. The molecule has 9 heteroatoms. The smallest absolute Gasteiger partial charge is 0.356 e. The van der Waals surface area contributed by atoms with E-state index in [0.29, 0.717) is 22.8 Å². The number of hydrogen-bond acceptors (Lipinski definition) is 4. The number of nitrogens with zero attached hydrogens (tertiary/aromatic N) is 3. The van der Waals surface area contributed by atoms with Gasteiger partial charge in [0.2, 0.25) is 5.91 Å². The molecule has 6 nitrogen and oxygen atoms in total. The van der Waals surface area contributed by atoms with Crippen molar-refractivity contribution in [1.29, 1.82) is 0 Å². The van der Waals surface area contributed by atoms with Gasteiger partial charge in [-0.2, -0.15) is 18.3 Å². The number of hydrogen-bond donors (Lipinski definition) is 2. The molecule has 1 atom stereocenters. The largest absolute Gasteiger partial charge is 0.416 e. The predicted molar refractivity (Wildman–Crippen MR) is 108 cm³/mol. The Morgan fingerprint density at radius 2 is 1.90 bits per heavy atom. The first-order valence-electron chi connectivity index (χ1n) is 9.41. The highest BCUT2D eigenvalue weighted by Crippen LogP contribution is 2.31. The SMILES string of the molecule is CC1CCNC1=O.Cn1ccc(-c2ncccc2Nc2ccc(C(F)(F)F)cc2)n1. The van der Waals surface area contributed by atoms with Crippen LogP contribution in [0.1, 0.15) is 18.9 Å². The highest BCUT2D eigenvalue weighted by Gasteiger charge is 2.30. The Hall–Kier alpha value is -3.36. The second kappa shape index (κ2) is 8.98. The molecule has 1 aliphatic rings. The summed E-state index contributed by atoms with van der Waals surface area (Å²) in [6.07, 6.45) is 0.110. The van der Waals surface area contributed by atoms with E-state index < -0.39 is 11.7 Å². The van der Waals surface area contributed by atoms with Crippen LogP contribution in [0.15, 0.2) is 54.9 Å². The quantitative estimate of drug-likeness (QED) is 0.663. The van der Waals surface area contributed by atoms with Crippen LogP contribution in [-0.4, -0.2) is 27.2 Å².